The van der Waals surface area contributed by atoms with Gasteiger partial charge in [0.1, 0.15) is 30.0 Å². The fourth-order valence-corrected chi connectivity index (χ4v) is 3.42. The van der Waals surface area contributed by atoms with Crippen LogP contribution in [0.15, 0.2) is 52.9 Å². The second-order valence-electron chi connectivity index (χ2n) is 6.93. The summed E-state index contributed by atoms with van der Waals surface area (Å²) in [4.78, 5) is 19.3. The average molecular weight is 381 g/mol. The minimum Gasteiger partial charge on any atom is -0.457 e. The second kappa shape index (κ2) is 6.50. The van der Waals surface area contributed by atoms with Gasteiger partial charge in [-0.3, -0.25) is 0 Å². The maximum atomic E-state index is 11.6. The van der Waals surface area contributed by atoms with Gasteiger partial charge in [-0.05, 0) is 48.9 Å². The van der Waals surface area contributed by atoms with Crippen molar-refractivity contribution < 1.29 is 13.9 Å². The number of aromatic amines is 1. The van der Waals surface area contributed by atoms with Crippen molar-refractivity contribution in [3.63, 3.8) is 0 Å². The standard InChI is InChI=1S/C23H15N3O3/c1-13-2-6-19-20(8-13)26-22(25-19)15(11-24)10-17-4-7-21(29-17)14-3-5-18-16(9-14)12-28-23(18)27/h2-10H,12H2,1H3,(H,25,26)/b15-10+. The lowest BCUT2D eigenvalue weighted by atomic mass is 10.0. The third-order valence-corrected chi connectivity index (χ3v) is 4.89. The summed E-state index contributed by atoms with van der Waals surface area (Å²) in [5.74, 6) is 1.39. The van der Waals surface area contributed by atoms with Crippen molar-refractivity contribution in [1.29, 1.82) is 5.26 Å². The molecule has 0 unspecified atom stereocenters. The number of rotatable bonds is 3. The fourth-order valence-electron chi connectivity index (χ4n) is 3.42. The number of fused-ring (bicyclic) bond motifs is 2. The molecular formula is C23H15N3O3. The van der Waals surface area contributed by atoms with Gasteiger partial charge in [0.15, 0.2) is 0 Å². The second-order valence-corrected chi connectivity index (χ2v) is 6.93. The van der Waals surface area contributed by atoms with Crippen LogP contribution in [-0.2, 0) is 11.3 Å². The van der Waals surface area contributed by atoms with E-state index in [9.17, 15) is 10.1 Å². The van der Waals surface area contributed by atoms with E-state index in [0.29, 0.717) is 28.5 Å². The molecular weight excluding hydrogens is 366 g/mol. The number of carbonyl (C=O) groups excluding carboxylic acids is 1. The fraction of sp³-hybridized carbons (Fsp3) is 0.0870. The molecule has 6 nitrogen and oxygen atoms in total. The molecule has 0 spiro atoms. The van der Waals surface area contributed by atoms with Crippen LogP contribution in [0.5, 0.6) is 0 Å². The largest absolute Gasteiger partial charge is 0.457 e. The van der Waals surface area contributed by atoms with Gasteiger partial charge in [0.2, 0.25) is 0 Å². The molecule has 1 N–H and O–H groups in total. The average Bonchev–Trinajstić information content (AvgIpc) is 3.44. The first-order valence-electron chi connectivity index (χ1n) is 9.09. The van der Waals surface area contributed by atoms with Crippen molar-refractivity contribution in [3.8, 4) is 17.4 Å². The number of benzene rings is 2. The van der Waals surface area contributed by atoms with Crippen LogP contribution in [0.25, 0.3) is 34.0 Å². The van der Waals surface area contributed by atoms with Crippen LogP contribution >= 0.6 is 0 Å². The minimum atomic E-state index is -0.297. The minimum absolute atomic E-state index is 0.277. The van der Waals surface area contributed by atoms with Crippen LogP contribution in [0.1, 0.15) is 33.1 Å². The Hall–Kier alpha value is -4.11. The molecule has 0 aliphatic carbocycles. The molecule has 2 aromatic carbocycles. The van der Waals surface area contributed by atoms with E-state index < -0.39 is 0 Å². The van der Waals surface area contributed by atoms with Crippen LogP contribution in [0, 0.1) is 18.3 Å². The Balaban J connectivity index is 1.48. The van der Waals surface area contributed by atoms with E-state index in [4.69, 9.17) is 9.15 Å². The Labute approximate surface area is 166 Å². The maximum Gasteiger partial charge on any atom is 0.338 e. The van der Waals surface area contributed by atoms with Gasteiger partial charge in [-0.15, -0.1) is 0 Å². The number of aromatic nitrogens is 2. The summed E-state index contributed by atoms with van der Waals surface area (Å²) >= 11 is 0. The van der Waals surface area contributed by atoms with Gasteiger partial charge in [-0.2, -0.15) is 5.26 Å². The molecule has 0 saturated heterocycles. The van der Waals surface area contributed by atoms with Crippen LogP contribution in [0.2, 0.25) is 0 Å². The van der Waals surface area contributed by atoms with Gasteiger partial charge in [0.25, 0.3) is 0 Å². The van der Waals surface area contributed by atoms with Crippen LogP contribution in [0.3, 0.4) is 0 Å². The number of nitriles is 1. The number of hydrogen-bond donors (Lipinski definition) is 1. The monoisotopic (exact) mass is 381 g/mol. The van der Waals surface area contributed by atoms with Crippen LogP contribution in [0.4, 0.5) is 0 Å². The van der Waals surface area contributed by atoms with Gasteiger partial charge in [-0.1, -0.05) is 12.1 Å². The molecule has 0 radical (unpaired) electrons. The number of ether oxygens (including phenoxy) is 1. The highest BCUT2D eigenvalue weighted by molar-refractivity contribution is 5.94. The molecule has 1 aliphatic rings. The predicted octanol–water partition coefficient (Wildman–Crippen LogP) is 4.87. The topological polar surface area (TPSA) is 91.9 Å². The summed E-state index contributed by atoms with van der Waals surface area (Å²) in [5.41, 5.74) is 5.47. The Morgan fingerprint density at radius 1 is 1.21 bits per heavy atom. The van der Waals surface area contributed by atoms with E-state index in [2.05, 4.69) is 16.0 Å². The van der Waals surface area contributed by atoms with Crippen molar-refractivity contribution in [2.24, 2.45) is 0 Å². The number of imidazole rings is 1. The van der Waals surface area contributed by atoms with E-state index in [1.807, 2.05) is 43.3 Å². The first-order valence-corrected chi connectivity index (χ1v) is 9.09. The number of furan rings is 1. The summed E-state index contributed by atoms with van der Waals surface area (Å²) in [6, 6.07) is 17.2. The number of nitrogens with zero attached hydrogens (tertiary/aromatic N) is 2. The smallest absolute Gasteiger partial charge is 0.338 e. The number of esters is 1. The van der Waals surface area contributed by atoms with Crippen LogP contribution in [-0.4, -0.2) is 15.9 Å². The van der Waals surface area contributed by atoms with Gasteiger partial charge in [-0.25, -0.2) is 9.78 Å². The number of allylic oxidation sites excluding steroid dienone is 1. The molecule has 3 heterocycles. The third-order valence-electron chi connectivity index (χ3n) is 4.89. The SMILES string of the molecule is Cc1ccc2nc(/C(C#N)=C/c3ccc(-c4ccc5c(c4)COC5=O)o3)[nH]c2c1. The lowest BCUT2D eigenvalue weighted by Gasteiger charge is -1.99. The number of nitrogens with one attached hydrogen (secondary N) is 1. The molecule has 1 aliphatic heterocycles. The quantitative estimate of drug-likeness (QED) is 0.404. The Bertz CT molecular complexity index is 1350. The van der Waals surface area contributed by atoms with Crippen LogP contribution < -0.4 is 0 Å². The zero-order valence-electron chi connectivity index (χ0n) is 15.5. The maximum absolute atomic E-state index is 11.6. The van der Waals surface area contributed by atoms with E-state index in [1.165, 1.54) is 0 Å². The normalized spacial score (nSPS) is 13.4. The third kappa shape index (κ3) is 2.99. The van der Waals surface area contributed by atoms with Gasteiger partial charge in [0, 0.05) is 17.2 Å². The first-order chi connectivity index (χ1) is 14.1. The Morgan fingerprint density at radius 3 is 2.97 bits per heavy atom. The molecule has 0 bridgehead atoms. The molecule has 6 heteroatoms. The molecule has 4 aromatic rings. The molecule has 29 heavy (non-hydrogen) atoms. The highest BCUT2D eigenvalue weighted by Gasteiger charge is 2.21. The zero-order valence-corrected chi connectivity index (χ0v) is 15.5. The summed E-state index contributed by atoms with van der Waals surface area (Å²) in [6.45, 7) is 2.28. The molecule has 0 fully saturated rings. The molecule has 0 atom stereocenters. The van der Waals surface area contributed by atoms with E-state index in [0.717, 1.165) is 27.7 Å². The molecule has 140 valence electrons. The lowest BCUT2D eigenvalue weighted by molar-refractivity contribution is 0.0535. The summed E-state index contributed by atoms with van der Waals surface area (Å²) in [7, 11) is 0. The predicted molar refractivity (Wildman–Crippen MR) is 108 cm³/mol. The number of carbonyl (C=O) groups is 1. The van der Waals surface area contributed by atoms with Crippen molar-refractivity contribution in [2.75, 3.05) is 0 Å². The summed E-state index contributed by atoms with van der Waals surface area (Å²) < 4.78 is 11.0. The lowest BCUT2D eigenvalue weighted by Crippen LogP contribution is -1.92. The first kappa shape index (κ1) is 17.0. The van der Waals surface area contributed by atoms with Crippen molar-refractivity contribution >= 4 is 28.7 Å². The van der Waals surface area contributed by atoms with Gasteiger partial charge >= 0.3 is 5.97 Å². The summed E-state index contributed by atoms with van der Waals surface area (Å²) in [5, 5.41) is 9.61. The molecule has 2 aromatic heterocycles. The number of H-pyrrole nitrogens is 1. The Morgan fingerprint density at radius 2 is 2.10 bits per heavy atom. The molecule has 0 saturated carbocycles. The number of aryl methyl sites for hydroxylation is 1. The highest BCUT2D eigenvalue weighted by atomic mass is 16.5. The summed E-state index contributed by atoms with van der Waals surface area (Å²) in [6.07, 6.45) is 1.66. The number of cyclic esters (lactones) is 1. The van der Waals surface area contributed by atoms with Crippen molar-refractivity contribution in [3.05, 3.63) is 76.8 Å². The highest BCUT2D eigenvalue weighted by Crippen LogP contribution is 2.29. The zero-order chi connectivity index (χ0) is 20.0. The van der Waals surface area contributed by atoms with E-state index in [1.54, 1.807) is 18.2 Å². The Kier molecular flexibility index (Phi) is 3.81. The van der Waals surface area contributed by atoms with Crippen molar-refractivity contribution in [2.45, 2.75) is 13.5 Å². The molecule has 5 rings (SSSR count). The van der Waals surface area contributed by atoms with E-state index in [-0.39, 0.29) is 12.6 Å². The van der Waals surface area contributed by atoms with Gasteiger partial charge < -0.3 is 14.1 Å². The van der Waals surface area contributed by atoms with Gasteiger partial charge in [0.05, 0.1) is 22.2 Å². The number of hydrogen-bond acceptors (Lipinski definition) is 5. The molecule has 0 amide bonds. The van der Waals surface area contributed by atoms with Crippen molar-refractivity contribution in [1.82, 2.24) is 9.97 Å². The van der Waals surface area contributed by atoms with E-state index >= 15 is 0 Å².